The number of allylic oxidation sites excluding steroid dienone is 3. The molecule has 0 heterocycles. The van der Waals surface area contributed by atoms with E-state index in [1.54, 1.807) is 0 Å². The summed E-state index contributed by atoms with van der Waals surface area (Å²) in [6.45, 7) is 16.5. The summed E-state index contributed by atoms with van der Waals surface area (Å²) in [5.41, 5.74) is 10.6. The van der Waals surface area contributed by atoms with Gasteiger partial charge < -0.3 is 5.73 Å². The molecular weight excluding hydrogens is 326 g/mol. The van der Waals surface area contributed by atoms with Crippen LogP contribution in [0.1, 0.15) is 57.7 Å². The van der Waals surface area contributed by atoms with Crippen molar-refractivity contribution >= 4 is 11.6 Å². The van der Waals surface area contributed by atoms with E-state index in [2.05, 4.69) is 75.0 Å². The summed E-state index contributed by atoms with van der Waals surface area (Å²) >= 11 is 0. The maximum absolute atomic E-state index is 5.50. The predicted molar refractivity (Wildman–Crippen MR) is 127 cm³/mol. The largest absolute Gasteiger partial charge is 0.330 e. The van der Waals surface area contributed by atoms with Crippen molar-refractivity contribution in [3.05, 3.63) is 96.1 Å². The molecule has 1 heteroatoms. The lowest BCUT2D eigenvalue weighted by Gasteiger charge is -2.04. The third-order valence-corrected chi connectivity index (χ3v) is 3.55. The maximum Gasteiger partial charge on any atom is -0.00366 e. The van der Waals surface area contributed by atoms with E-state index in [0.29, 0.717) is 6.54 Å². The normalized spacial score (nSPS) is 9.81. The summed E-state index contributed by atoms with van der Waals surface area (Å²) in [4.78, 5) is 0. The molecule has 1 nitrogen and oxygen atoms in total. The average Bonchev–Trinajstić information content (AvgIpc) is 2.75. The number of hydrogen-bond acceptors (Lipinski definition) is 1. The van der Waals surface area contributed by atoms with E-state index < -0.39 is 0 Å². The summed E-state index contributed by atoms with van der Waals surface area (Å²) in [7, 11) is 0. The fourth-order valence-electron chi connectivity index (χ4n) is 1.97. The molecule has 148 valence electrons. The molecule has 2 aromatic rings. The molecule has 0 atom stereocenters. The highest BCUT2D eigenvalue weighted by atomic mass is 14.5. The lowest BCUT2D eigenvalue weighted by Crippen LogP contribution is -1.99. The van der Waals surface area contributed by atoms with Crippen LogP contribution in [0.25, 0.3) is 11.6 Å². The summed E-state index contributed by atoms with van der Waals surface area (Å²) in [6, 6.07) is 18.6. The zero-order chi connectivity index (χ0) is 20.9. The van der Waals surface area contributed by atoms with Crippen molar-refractivity contribution in [1.29, 1.82) is 0 Å². The second-order valence-electron chi connectivity index (χ2n) is 5.50. The van der Waals surface area contributed by atoms with Crippen molar-refractivity contribution < 1.29 is 0 Å². The van der Waals surface area contributed by atoms with Gasteiger partial charge in [0.05, 0.1) is 0 Å². The Morgan fingerprint density at radius 2 is 1.41 bits per heavy atom. The topological polar surface area (TPSA) is 26.0 Å². The molecule has 0 saturated heterocycles. The van der Waals surface area contributed by atoms with Crippen LogP contribution in [-0.2, 0) is 0 Å². The quantitative estimate of drug-likeness (QED) is 0.552. The third-order valence-electron chi connectivity index (χ3n) is 3.55. The van der Waals surface area contributed by atoms with Crippen LogP contribution in [0.5, 0.6) is 0 Å². The van der Waals surface area contributed by atoms with Crippen molar-refractivity contribution in [2.24, 2.45) is 5.73 Å². The van der Waals surface area contributed by atoms with Gasteiger partial charge >= 0.3 is 0 Å². The van der Waals surface area contributed by atoms with Crippen LogP contribution in [0.3, 0.4) is 0 Å². The van der Waals surface area contributed by atoms with E-state index >= 15 is 0 Å². The smallest absolute Gasteiger partial charge is 0.00366 e. The van der Waals surface area contributed by atoms with Crippen molar-refractivity contribution in [1.82, 2.24) is 0 Å². The Balaban J connectivity index is 0. The number of hydrogen-bond donors (Lipinski definition) is 1. The second-order valence-corrected chi connectivity index (χ2v) is 5.50. The van der Waals surface area contributed by atoms with E-state index in [4.69, 9.17) is 5.73 Å². The Bertz CT molecular complexity index is 615. The van der Waals surface area contributed by atoms with Gasteiger partial charge in [0.25, 0.3) is 0 Å². The highest BCUT2D eigenvalue weighted by Crippen LogP contribution is 2.16. The molecule has 0 bridgehead atoms. The summed E-state index contributed by atoms with van der Waals surface area (Å²) < 4.78 is 0. The molecule has 0 aliphatic heterocycles. The van der Waals surface area contributed by atoms with E-state index in [9.17, 15) is 0 Å². The van der Waals surface area contributed by atoms with Crippen LogP contribution in [0.15, 0.2) is 79.4 Å². The lowest BCUT2D eigenvalue weighted by atomic mass is 10.0. The van der Waals surface area contributed by atoms with Crippen LogP contribution in [0.2, 0.25) is 0 Å². The maximum atomic E-state index is 5.50. The summed E-state index contributed by atoms with van der Waals surface area (Å²) in [6.07, 6.45) is 8.93. The molecule has 0 spiro atoms. The van der Waals surface area contributed by atoms with E-state index in [1.807, 2.05) is 52.0 Å². The van der Waals surface area contributed by atoms with E-state index in [-0.39, 0.29) is 0 Å². The molecule has 0 radical (unpaired) electrons. The highest BCUT2D eigenvalue weighted by Gasteiger charge is 1.96. The number of nitrogens with two attached hydrogens (primary N) is 1. The van der Waals surface area contributed by atoms with Crippen LogP contribution < -0.4 is 5.73 Å². The predicted octanol–water partition coefficient (Wildman–Crippen LogP) is 7.69. The van der Waals surface area contributed by atoms with Crippen molar-refractivity contribution in [2.75, 3.05) is 6.54 Å². The van der Waals surface area contributed by atoms with Gasteiger partial charge in [0, 0.05) is 0 Å². The van der Waals surface area contributed by atoms with Crippen LogP contribution in [0, 0.1) is 6.92 Å². The Morgan fingerprint density at radius 1 is 0.889 bits per heavy atom. The van der Waals surface area contributed by atoms with Crippen molar-refractivity contribution in [3.63, 3.8) is 0 Å². The summed E-state index contributed by atoms with van der Waals surface area (Å²) in [5, 5.41) is 0. The third kappa shape index (κ3) is 14.5. The highest BCUT2D eigenvalue weighted by molar-refractivity contribution is 5.65. The Labute approximate surface area is 168 Å². The van der Waals surface area contributed by atoms with Gasteiger partial charge in [-0.1, -0.05) is 105 Å². The van der Waals surface area contributed by atoms with Gasteiger partial charge in [0.2, 0.25) is 0 Å². The first kappa shape index (κ1) is 26.8. The fraction of sp³-hybridized carbons (Fsp3) is 0.308. The molecule has 0 amide bonds. The van der Waals surface area contributed by atoms with Gasteiger partial charge in [0.1, 0.15) is 0 Å². The van der Waals surface area contributed by atoms with Gasteiger partial charge in [-0.3, -0.25) is 0 Å². The second kappa shape index (κ2) is 19.9. The van der Waals surface area contributed by atoms with Crippen LogP contribution in [0.4, 0.5) is 0 Å². The lowest BCUT2D eigenvalue weighted by molar-refractivity contribution is 1.02. The van der Waals surface area contributed by atoms with E-state index in [1.165, 1.54) is 22.3 Å². The van der Waals surface area contributed by atoms with Crippen molar-refractivity contribution in [3.8, 4) is 0 Å². The molecule has 2 N–H and O–H groups in total. The van der Waals surface area contributed by atoms with Gasteiger partial charge in [-0.2, -0.15) is 0 Å². The first-order chi connectivity index (χ1) is 13.1. The Morgan fingerprint density at radius 3 is 1.78 bits per heavy atom. The molecule has 0 unspecified atom stereocenters. The van der Waals surface area contributed by atoms with E-state index in [0.717, 1.165) is 6.42 Å². The van der Waals surface area contributed by atoms with Gasteiger partial charge in [-0.25, -0.2) is 0 Å². The molecule has 2 rings (SSSR count). The number of rotatable bonds is 4. The average molecular weight is 366 g/mol. The fourth-order valence-corrected chi connectivity index (χ4v) is 1.97. The minimum atomic E-state index is 0.717. The molecule has 0 aliphatic carbocycles. The first-order valence-corrected chi connectivity index (χ1v) is 9.79. The molecular formula is C26H39N. The molecule has 27 heavy (non-hydrogen) atoms. The molecule has 0 aromatic heterocycles. The van der Waals surface area contributed by atoms with Gasteiger partial charge in [0.15, 0.2) is 0 Å². The van der Waals surface area contributed by atoms with Crippen molar-refractivity contribution in [2.45, 2.75) is 48.0 Å². The summed E-state index contributed by atoms with van der Waals surface area (Å²) in [5.74, 6) is 0. The minimum absolute atomic E-state index is 0.717. The van der Waals surface area contributed by atoms with Crippen LogP contribution >= 0.6 is 0 Å². The standard InChI is InChI=1S/C11H15N.C9H10.C4H8.C2H6/c1-2-10(8-9-12)11-6-4-3-5-7-11;1-3-9-6-4-8(2)5-7-9;1-3-4-2;1-2/h2-7H,8-9,12H2,1H3;3-7H,1H2,2H3;3-4H,1-2H3;1-2H3/b10-2-;;4-3+;. The molecule has 0 saturated carbocycles. The van der Waals surface area contributed by atoms with Crippen LogP contribution in [-0.4, -0.2) is 6.54 Å². The molecule has 0 fully saturated rings. The first-order valence-electron chi connectivity index (χ1n) is 9.79. The zero-order valence-corrected chi connectivity index (χ0v) is 18.2. The minimum Gasteiger partial charge on any atom is -0.330 e. The monoisotopic (exact) mass is 365 g/mol. The Hall–Kier alpha value is -2.38. The Kier molecular flexibility index (Phi) is 19.8. The molecule has 2 aromatic carbocycles. The number of benzene rings is 2. The molecule has 0 aliphatic rings. The SMILES string of the molecule is C/C=C(/CCN)c1ccccc1.C/C=C/C.C=Cc1ccc(C)cc1.CC. The van der Waals surface area contributed by atoms with Gasteiger partial charge in [-0.15, -0.1) is 0 Å². The zero-order valence-electron chi connectivity index (χ0n) is 18.2. The number of aryl methyl sites for hydroxylation is 1. The van der Waals surface area contributed by atoms with Gasteiger partial charge in [-0.05, 0) is 57.4 Å².